The van der Waals surface area contributed by atoms with Crippen LogP contribution in [-0.4, -0.2) is 15.5 Å². The number of amides is 1. The Bertz CT molecular complexity index is 642. The average Bonchev–Trinajstić information content (AvgIpc) is 2.69. The predicted octanol–water partition coefficient (Wildman–Crippen LogP) is 3.31. The molecule has 2 N–H and O–H groups in total. The third-order valence-corrected chi connectivity index (χ3v) is 3.91. The zero-order valence-corrected chi connectivity index (χ0v) is 13.2. The van der Waals surface area contributed by atoms with Crippen LogP contribution in [0.25, 0.3) is 11.1 Å². The Balaban J connectivity index is 2.58. The Labute approximate surface area is 126 Å². The van der Waals surface area contributed by atoms with E-state index in [2.05, 4.69) is 23.4 Å². The second-order valence-corrected chi connectivity index (χ2v) is 5.86. The molecule has 0 saturated heterocycles. The summed E-state index contributed by atoms with van der Waals surface area (Å²) in [6.07, 6.45) is 4.58. The molecule has 2 aromatic heterocycles. The van der Waals surface area contributed by atoms with E-state index in [-0.39, 0.29) is 5.91 Å². The van der Waals surface area contributed by atoms with Crippen molar-refractivity contribution in [2.24, 2.45) is 11.7 Å². The molecule has 0 aromatic carbocycles. The average molecular weight is 285 g/mol. The van der Waals surface area contributed by atoms with Crippen LogP contribution in [0.5, 0.6) is 0 Å². The number of hydrogen-bond donors (Lipinski definition) is 1. The third-order valence-electron chi connectivity index (χ3n) is 3.91. The second-order valence-electron chi connectivity index (χ2n) is 5.86. The minimum Gasteiger partial charge on any atom is -0.366 e. The molecule has 0 saturated carbocycles. The van der Waals surface area contributed by atoms with Gasteiger partial charge in [0.25, 0.3) is 5.91 Å². The summed E-state index contributed by atoms with van der Waals surface area (Å²) in [6.45, 7) is 9.31. The molecule has 0 radical (unpaired) electrons. The molecular weight excluding hydrogens is 262 g/mol. The van der Waals surface area contributed by atoms with Gasteiger partial charge in [0, 0.05) is 41.5 Å². The van der Waals surface area contributed by atoms with Crippen molar-refractivity contribution < 1.29 is 4.79 Å². The highest BCUT2D eigenvalue weighted by Crippen LogP contribution is 2.32. The van der Waals surface area contributed by atoms with Crippen LogP contribution in [0.3, 0.4) is 0 Å². The zero-order valence-electron chi connectivity index (χ0n) is 13.2. The van der Waals surface area contributed by atoms with Crippen LogP contribution in [0.15, 0.2) is 24.5 Å². The van der Waals surface area contributed by atoms with Gasteiger partial charge in [-0.1, -0.05) is 19.9 Å². The van der Waals surface area contributed by atoms with Gasteiger partial charge < -0.3 is 10.3 Å². The Morgan fingerprint density at radius 2 is 2.05 bits per heavy atom. The summed E-state index contributed by atoms with van der Waals surface area (Å²) < 4.78 is 2.20. The van der Waals surface area contributed by atoms with E-state index in [1.165, 1.54) is 0 Å². The minimum atomic E-state index is -0.377. The molecule has 1 amide bonds. The maximum absolute atomic E-state index is 11.9. The Morgan fingerprint density at radius 1 is 1.33 bits per heavy atom. The van der Waals surface area contributed by atoms with Gasteiger partial charge in [-0.15, -0.1) is 0 Å². The highest BCUT2D eigenvalue weighted by atomic mass is 16.1. The van der Waals surface area contributed by atoms with Crippen molar-refractivity contribution in [3.05, 3.63) is 41.5 Å². The first kappa shape index (κ1) is 15.3. The van der Waals surface area contributed by atoms with E-state index in [1.54, 1.807) is 12.4 Å². The smallest absolute Gasteiger partial charge is 0.251 e. The topological polar surface area (TPSA) is 60.9 Å². The maximum Gasteiger partial charge on any atom is 0.251 e. The summed E-state index contributed by atoms with van der Waals surface area (Å²) in [5.41, 5.74) is 10.1. The molecule has 0 atom stereocenters. The minimum absolute atomic E-state index is 0.377. The van der Waals surface area contributed by atoms with Gasteiger partial charge >= 0.3 is 0 Å². The number of carbonyl (C=O) groups is 1. The van der Waals surface area contributed by atoms with Gasteiger partial charge in [-0.3, -0.25) is 9.78 Å². The van der Waals surface area contributed by atoms with Gasteiger partial charge in [0.2, 0.25) is 0 Å². The van der Waals surface area contributed by atoms with Crippen molar-refractivity contribution in [2.45, 2.75) is 40.7 Å². The molecule has 0 aliphatic heterocycles. The fraction of sp³-hybridized carbons (Fsp3) is 0.412. The number of primary amides is 1. The van der Waals surface area contributed by atoms with Crippen LogP contribution < -0.4 is 5.73 Å². The van der Waals surface area contributed by atoms with Crippen molar-refractivity contribution >= 4 is 5.91 Å². The molecule has 0 bridgehead atoms. The van der Waals surface area contributed by atoms with Gasteiger partial charge in [-0.25, -0.2) is 0 Å². The lowest BCUT2D eigenvalue weighted by Gasteiger charge is -2.11. The second kappa shape index (κ2) is 6.12. The molecule has 4 nitrogen and oxygen atoms in total. The number of hydrogen-bond acceptors (Lipinski definition) is 2. The summed E-state index contributed by atoms with van der Waals surface area (Å²) in [6, 6.07) is 3.84. The van der Waals surface area contributed by atoms with E-state index in [1.807, 2.05) is 26.0 Å². The van der Waals surface area contributed by atoms with E-state index in [0.29, 0.717) is 11.5 Å². The first-order chi connectivity index (χ1) is 9.93. The van der Waals surface area contributed by atoms with Crippen molar-refractivity contribution in [1.29, 1.82) is 0 Å². The summed E-state index contributed by atoms with van der Waals surface area (Å²) in [7, 11) is 0. The van der Waals surface area contributed by atoms with Crippen LogP contribution in [0.4, 0.5) is 0 Å². The molecule has 2 rings (SSSR count). The molecule has 4 heteroatoms. The monoisotopic (exact) mass is 285 g/mol. The van der Waals surface area contributed by atoms with E-state index in [9.17, 15) is 4.79 Å². The maximum atomic E-state index is 11.9. The number of nitrogens with two attached hydrogens (primary N) is 1. The lowest BCUT2D eigenvalue weighted by Crippen LogP contribution is -2.13. The SMILES string of the molecule is Cc1c(C(N)=O)c(-c2cccnc2)c(C)n1CCC(C)C. The first-order valence-electron chi connectivity index (χ1n) is 7.33. The molecule has 2 aromatic rings. The lowest BCUT2D eigenvalue weighted by atomic mass is 10.0. The number of nitrogens with zero attached hydrogens (tertiary/aromatic N) is 2. The van der Waals surface area contributed by atoms with Gasteiger partial charge in [0.05, 0.1) is 5.56 Å². The normalized spacial score (nSPS) is 11.1. The fourth-order valence-electron chi connectivity index (χ4n) is 2.77. The van der Waals surface area contributed by atoms with Gasteiger partial charge in [-0.05, 0) is 32.3 Å². The van der Waals surface area contributed by atoms with E-state index >= 15 is 0 Å². The van der Waals surface area contributed by atoms with Crippen molar-refractivity contribution in [1.82, 2.24) is 9.55 Å². The van der Waals surface area contributed by atoms with E-state index in [0.717, 1.165) is 35.5 Å². The summed E-state index contributed by atoms with van der Waals surface area (Å²) in [5.74, 6) is 0.239. The molecule has 2 heterocycles. The standard InChI is InChI=1S/C17H23N3O/c1-11(2)7-9-20-12(3)15(14-6-5-8-19-10-14)16(13(20)4)17(18)21/h5-6,8,10-11H,7,9H2,1-4H3,(H2,18,21). The van der Waals surface area contributed by atoms with E-state index in [4.69, 9.17) is 5.73 Å². The summed E-state index contributed by atoms with van der Waals surface area (Å²) >= 11 is 0. The highest BCUT2D eigenvalue weighted by Gasteiger charge is 2.22. The van der Waals surface area contributed by atoms with Crippen LogP contribution in [0, 0.1) is 19.8 Å². The molecule has 0 aliphatic carbocycles. The van der Waals surface area contributed by atoms with Crippen molar-refractivity contribution in [2.75, 3.05) is 0 Å². The molecule has 0 aliphatic rings. The van der Waals surface area contributed by atoms with Gasteiger partial charge in [0.15, 0.2) is 0 Å². The molecular formula is C17H23N3O. The van der Waals surface area contributed by atoms with Crippen molar-refractivity contribution in [3.8, 4) is 11.1 Å². The predicted molar refractivity (Wildman–Crippen MR) is 85.1 cm³/mol. The Morgan fingerprint density at radius 3 is 2.57 bits per heavy atom. The summed E-state index contributed by atoms with van der Waals surface area (Å²) in [5, 5.41) is 0. The van der Waals surface area contributed by atoms with Crippen LogP contribution in [-0.2, 0) is 6.54 Å². The number of aromatic nitrogens is 2. The first-order valence-corrected chi connectivity index (χ1v) is 7.33. The Kier molecular flexibility index (Phi) is 4.46. The van der Waals surface area contributed by atoms with Gasteiger partial charge in [0.1, 0.15) is 0 Å². The third kappa shape index (κ3) is 2.99. The Hall–Kier alpha value is -2.10. The number of rotatable bonds is 5. The van der Waals surface area contributed by atoms with Crippen LogP contribution >= 0.6 is 0 Å². The van der Waals surface area contributed by atoms with Crippen LogP contribution in [0.2, 0.25) is 0 Å². The largest absolute Gasteiger partial charge is 0.366 e. The highest BCUT2D eigenvalue weighted by molar-refractivity contribution is 6.02. The molecule has 21 heavy (non-hydrogen) atoms. The lowest BCUT2D eigenvalue weighted by molar-refractivity contribution is 0.1000. The fourth-order valence-corrected chi connectivity index (χ4v) is 2.77. The molecule has 112 valence electrons. The van der Waals surface area contributed by atoms with Crippen molar-refractivity contribution in [3.63, 3.8) is 0 Å². The molecule has 0 unspecified atom stereocenters. The zero-order chi connectivity index (χ0) is 15.6. The quantitative estimate of drug-likeness (QED) is 0.916. The molecule has 0 spiro atoms. The van der Waals surface area contributed by atoms with Crippen LogP contribution in [0.1, 0.15) is 42.0 Å². The number of pyridine rings is 1. The summed E-state index contributed by atoms with van der Waals surface area (Å²) in [4.78, 5) is 16.1. The van der Waals surface area contributed by atoms with Gasteiger partial charge in [-0.2, -0.15) is 0 Å². The number of carbonyl (C=O) groups excluding carboxylic acids is 1. The molecule has 0 fully saturated rings. The van der Waals surface area contributed by atoms with E-state index < -0.39 is 0 Å².